The minimum absolute atomic E-state index is 0.0758. The van der Waals surface area contributed by atoms with Crippen LogP contribution >= 0.6 is 11.3 Å². The Morgan fingerprint density at radius 1 is 1.39 bits per heavy atom. The quantitative estimate of drug-likeness (QED) is 0.848. The van der Waals surface area contributed by atoms with E-state index in [-0.39, 0.29) is 10.1 Å². The Bertz CT molecular complexity index is 548. The van der Waals surface area contributed by atoms with Gasteiger partial charge in [0, 0.05) is 0 Å². The van der Waals surface area contributed by atoms with Crippen molar-refractivity contribution in [3.05, 3.63) is 10.7 Å². The lowest BCUT2D eigenvalue weighted by atomic mass is 10.1. The number of aromatic nitrogens is 1. The van der Waals surface area contributed by atoms with Crippen LogP contribution in [0, 0.1) is 19.8 Å². The highest BCUT2D eigenvalue weighted by Crippen LogP contribution is 2.23. The molecule has 0 aliphatic heterocycles. The van der Waals surface area contributed by atoms with Crippen molar-refractivity contribution in [2.45, 2.75) is 37.9 Å². The number of carbonyl (C=O) groups is 1. The number of aliphatic carboxylic acids is 1. The van der Waals surface area contributed by atoms with Crippen LogP contribution in [0.2, 0.25) is 0 Å². The third-order valence-electron chi connectivity index (χ3n) is 2.32. The first-order valence-electron chi connectivity index (χ1n) is 5.34. The van der Waals surface area contributed by atoms with E-state index in [0.717, 1.165) is 11.3 Å². The number of hydrogen-bond donors (Lipinski definition) is 2. The molecular formula is C10H16N2O4S2. The van der Waals surface area contributed by atoms with E-state index in [1.807, 2.05) is 0 Å². The average Bonchev–Trinajstić information content (AvgIpc) is 2.54. The predicted octanol–water partition coefficient (Wildman–Crippen LogP) is 1.15. The summed E-state index contributed by atoms with van der Waals surface area (Å²) in [6.45, 7) is 6.58. The molecule has 1 aromatic heterocycles. The molecule has 0 saturated carbocycles. The molecule has 0 aliphatic rings. The van der Waals surface area contributed by atoms with Crippen molar-refractivity contribution in [1.82, 2.24) is 9.71 Å². The lowest BCUT2D eigenvalue weighted by molar-refractivity contribution is -0.140. The Balaban J connectivity index is 3.08. The van der Waals surface area contributed by atoms with Crippen LogP contribution in [0.5, 0.6) is 0 Å². The Morgan fingerprint density at radius 2 is 1.94 bits per heavy atom. The molecule has 0 spiro atoms. The molecule has 1 rings (SSSR count). The standard InChI is InChI=1S/C10H16N2O4S2/c1-5(2)8(9(13)14)12-18(15,16)10-6(3)11-7(4)17-10/h5,8,12H,1-4H3,(H,13,14)/t8-/m0/s1. The predicted molar refractivity (Wildman–Crippen MR) is 68.2 cm³/mol. The van der Waals surface area contributed by atoms with Gasteiger partial charge in [-0.3, -0.25) is 4.79 Å². The molecule has 6 nitrogen and oxygen atoms in total. The zero-order valence-corrected chi connectivity index (χ0v) is 12.2. The molecule has 2 N–H and O–H groups in total. The van der Waals surface area contributed by atoms with Crippen LogP contribution in [0.15, 0.2) is 4.21 Å². The van der Waals surface area contributed by atoms with Crippen molar-refractivity contribution in [2.24, 2.45) is 5.92 Å². The van der Waals surface area contributed by atoms with Gasteiger partial charge in [-0.05, 0) is 19.8 Å². The van der Waals surface area contributed by atoms with Crippen LogP contribution in [-0.2, 0) is 14.8 Å². The Labute approximate surface area is 110 Å². The van der Waals surface area contributed by atoms with Crippen molar-refractivity contribution in [3.8, 4) is 0 Å². The van der Waals surface area contributed by atoms with Gasteiger partial charge in [0.25, 0.3) is 10.0 Å². The van der Waals surface area contributed by atoms with E-state index in [2.05, 4.69) is 9.71 Å². The number of hydrogen-bond acceptors (Lipinski definition) is 5. The molecule has 0 amide bonds. The molecule has 0 aliphatic carbocycles. The van der Waals surface area contributed by atoms with Crippen molar-refractivity contribution >= 4 is 27.3 Å². The van der Waals surface area contributed by atoms with Gasteiger partial charge in [0.15, 0.2) is 4.21 Å². The van der Waals surface area contributed by atoms with Gasteiger partial charge < -0.3 is 5.11 Å². The summed E-state index contributed by atoms with van der Waals surface area (Å²) in [7, 11) is -3.83. The Morgan fingerprint density at radius 3 is 2.28 bits per heavy atom. The van der Waals surface area contributed by atoms with Gasteiger partial charge in [0.1, 0.15) is 6.04 Å². The summed E-state index contributed by atoms with van der Waals surface area (Å²) in [5.74, 6) is -1.53. The zero-order chi connectivity index (χ0) is 14.1. The highest BCUT2D eigenvalue weighted by Gasteiger charge is 2.30. The highest BCUT2D eigenvalue weighted by atomic mass is 32.2. The van der Waals surface area contributed by atoms with Gasteiger partial charge in [-0.2, -0.15) is 4.72 Å². The second-order valence-electron chi connectivity index (χ2n) is 4.29. The van der Waals surface area contributed by atoms with Gasteiger partial charge in [-0.25, -0.2) is 13.4 Å². The number of sulfonamides is 1. The summed E-state index contributed by atoms with van der Waals surface area (Å²) in [5.41, 5.74) is 0.387. The normalized spacial score (nSPS) is 13.8. The topological polar surface area (TPSA) is 96.4 Å². The number of nitrogens with zero attached hydrogens (tertiary/aromatic N) is 1. The molecule has 102 valence electrons. The molecule has 1 heterocycles. The highest BCUT2D eigenvalue weighted by molar-refractivity contribution is 7.91. The van der Waals surface area contributed by atoms with Gasteiger partial charge >= 0.3 is 5.97 Å². The minimum Gasteiger partial charge on any atom is -0.480 e. The lowest BCUT2D eigenvalue weighted by Gasteiger charge is -2.17. The molecule has 0 aromatic carbocycles. The fourth-order valence-electron chi connectivity index (χ4n) is 1.45. The smallest absolute Gasteiger partial charge is 0.322 e. The molecule has 0 bridgehead atoms. The minimum atomic E-state index is -3.83. The number of rotatable bonds is 5. The van der Waals surface area contributed by atoms with Crippen LogP contribution in [-0.4, -0.2) is 30.5 Å². The second-order valence-corrected chi connectivity index (χ2v) is 7.40. The first kappa shape index (κ1) is 15.1. The number of thiazole rings is 1. The molecule has 0 radical (unpaired) electrons. The lowest BCUT2D eigenvalue weighted by Crippen LogP contribution is -2.44. The van der Waals surface area contributed by atoms with E-state index in [9.17, 15) is 13.2 Å². The first-order valence-corrected chi connectivity index (χ1v) is 7.64. The maximum Gasteiger partial charge on any atom is 0.322 e. The summed E-state index contributed by atoms with van der Waals surface area (Å²) < 4.78 is 26.4. The average molecular weight is 292 g/mol. The first-order chi connectivity index (χ1) is 8.15. The van der Waals surface area contributed by atoms with Gasteiger partial charge in [0.05, 0.1) is 10.7 Å². The van der Waals surface area contributed by atoms with Gasteiger partial charge in [0.2, 0.25) is 0 Å². The summed E-state index contributed by atoms with van der Waals surface area (Å²) in [4.78, 5) is 15.0. The molecule has 0 saturated heterocycles. The van der Waals surface area contributed by atoms with Crippen LogP contribution in [0.4, 0.5) is 0 Å². The largest absolute Gasteiger partial charge is 0.480 e. The SMILES string of the molecule is Cc1nc(C)c(S(=O)(=O)N[C@H](C(=O)O)C(C)C)s1. The molecule has 0 fully saturated rings. The second kappa shape index (κ2) is 5.33. The molecule has 0 unspecified atom stereocenters. The van der Waals surface area contributed by atoms with Crippen molar-refractivity contribution < 1.29 is 18.3 Å². The number of nitrogens with one attached hydrogen (secondary N) is 1. The van der Waals surface area contributed by atoms with E-state index in [1.54, 1.807) is 27.7 Å². The third kappa shape index (κ3) is 3.27. The van der Waals surface area contributed by atoms with Crippen LogP contribution in [0.3, 0.4) is 0 Å². The van der Waals surface area contributed by atoms with Crippen molar-refractivity contribution in [3.63, 3.8) is 0 Å². The number of carboxylic acid groups (broad SMARTS) is 1. The summed E-state index contributed by atoms with van der Waals surface area (Å²) in [5, 5.41) is 9.62. The molecule has 1 aromatic rings. The summed E-state index contributed by atoms with van der Waals surface area (Å²) in [6.07, 6.45) is 0. The van der Waals surface area contributed by atoms with Crippen LogP contribution in [0.1, 0.15) is 24.5 Å². The van der Waals surface area contributed by atoms with E-state index < -0.39 is 22.0 Å². The van der Waals surface area contributed by atoms with E-state index in [4.69, 9.17) is 5.11 Å². The van der Waals surface area contributed by atoms with Crippen LogP contribution in [0.25, 0.3) is 0 Å². The molecule has 1 atom stereocenters. The number of carboxylic acids is 1. The van der Waals surface area contributed by atoms with E-state index in [0.29, 0.717) is 10.7 Å². The van der Waals surface area contributed by atoms with Crippen LogP contribution < -0.4 is 4.72 Å². The van der Waals surface area contributed by atoms with Gasteiger partial charge in [-0.15, -0.1) is 11.3 Å². The van der Waals surface area contributed by atoms with Crippen molar-refractivity contribution in [1.29, 1.82) is 0 Å². The summed E-state index contributed by atoms with van der Waals surface area (Å²) >= 11 is 1.03. The fourth-order valence-corrected chi connectivity index (χ4v) is 4.29. The fraction of sp³-hybridized carbons (Fsp3) is 0.600. The molecule has 18 heavy (non-hydrogen) atoms. The van der Waals surface area contributed by atoms with E-state index in [1.165, 1.54) is 0 Å². The molecule has 8 heteroatoms. The summed E-state index contributed by atoms with van der Waals surface area (Å²) in [6, 6.07) is -1.14. The van der Waals surface area contributed by atoms with Crippen molar-refractivity contribution in [2.75, 3.05) is 0 Å². The van der Waals surface area contributed by atoms with Gasteiger partial charge in [-0.1, -0.05) is 13.8 Å². The third-order valence-corrected chi connectivity index (χ3v) is 5.44. The van der Waals surface area contributed by atoms with E-state index >= 15 is 0 Å². The number of aryl methyl sites for hydroxylation is 2. The molecular weight excluding hydrogens is 276 g/mol. The maximum absolute atomic E-state index is 12.1. The maximum atomic E-state index is 12.1. The Kier molecular flexibility index (Phi) is 4.46. The Hall–Kier alpha value is -0.990. The monoisotopic (exact) mass is 292 g/mol. The zero-order valence-electron chi connectivity index (χ0n) is 10.6.